The first-order valence-electron chi connectivity index (χ1n) is 25.3. The first-order chi connectivity index (χ1) is 35.2. The second-order valence-corrected chi connectivity index (χ2v) is 21.1. The quantitative estimate of drug-likeness (QED) is 0.174. The summed E-state index contributed by atoms with van der Waals surface area (Å²) < 4.78 is 7.43. The zero-order valence-electron chi connectivity index (χ0n) is 40.7. The van der Waals surface area contributed by atoms with E-state index in [1.165, 1.54) is 115 Å². The van der Waals surface area contributed by atoms with Gasteiger partial charge < -0.3 is 9.64 Å². The third-order valence-electron chi connectivity index (χ3n) is 16.6. The largest absolute Gasteiger partial charge is 0.453 e. The molecule has 72 heavy (non-hydrogen) atoms. The molecule has 15 rings (SSSR count). The second-order valence-electron chi connectivity index (χ2n) is 21.1. The van der Waals surface area contributed by atoms with Gasteiger partial charge in [-0.2, -0.15) is 0 Å². The van der Waals surface area contributed by atoms with Crippen molar-refractivity contribution in [1.82, 2.24) is 0 Å². The Balaban J connectivity index is 0.983. The van der Waals surface area contributed by atoms with Crippen LogP contribution in [-0.2, 0) is 10.8 Å². The molecular formula is C70H49NO. The van der Waals surface area contributed by atoms with E-state index in [-0.39, 0.29) is 10.8 Å². The number of rotatable bonds is 4. The van der Waals surface area contributed by atoms with Crippen molar-refractivity contribution in [2.45, 2.75) is 38.5 Å². The number of hydrogen-bond acceptors (Lipinski definition) is 2. The van der Waals surface area contributed by atoms with Gasteiger partial charge in [0.05, 0.1) is 17.1 Å². The van der Waals surface area contributed by atoms with Crippen molar-refractivity contribution in [3.8, 4) is 67.1 Å². The van der Waals surface area contributed by atoms with Crippen molar-refractivity contribution in [3.63, 3.8) is 0 Å². The van der Waals surface area contributed by atoms with Gasteiger partial charge >= 0.3 is 0 Å². The molecule has 0 radical (unpaired) electrons. The topological polar surface area (TPSA) is 12.5 Å². The molecule has 1 aliphatic heterocycles. The van der Waals surface area contributed by atoms with E-state index in [1.54, 1.807) is 0 Å². The van der Waals surface area contributed by atoms with E-state index in [2.05, 4.69) is 257 Å². The normalized spacial score (nSPS) is 14.4. The SMILES string of the molecule is CC1(C)c2cc3c(cc2-c2c1cc(-c1cccc4ccccc14)c1ccccc21)N(c1ccccc1-c1ccccc1)c1cc2c(cc1O3)C(C)(C)c1cc(-c3cccc4ccccc34)c3ccccc3c1-2. The minimum absolute atomic E-state index is 0.316. The Labute approximate surface area is 420 Å². The minimum Gasteiger partial charge on any atom is -0.453 e. The van der Waals surface area contributed by atoms with Gasteiger partial charge in [-0.25, -0.2) is 0 Å². The fourth-order valence-electron chi connectivity index (χ4n) is 13.1. The van der Waals surface area contributed by atoms with Gasteiger partial charge in [0.1, 0.15) is 0 Å². The molecule has 0 saturated heterocycles. The van der Waals surface area contributed by atoms with Crippen molar-refractivity contribution >= 4 is 60.2 Å². The molecule has 12 aromatic carbocycles. The highest BCUT2D eigenvalue weighted by atomic mass is 16.5. The maximum atomic E-state index is 7.43. The number of nitrogens with zero attached hydrogens (tertiary/aromatic N) is 1. The molecule has 12 aromatic rings. The first-order valence-corrected chi connectivity index (χ1v) is 25.3. The molecule has 2 nitrogen and oxygen atoms in total. The van der Waals surface area contributed by atoms with E-state index < -0.39 is 0 Å². The van der Waals surface area contributed by atoms with Crippen LogP contribution in [0.2, 0.25) is 0 Å². The van der Waals surface area contributed by atoms with Gasteiger partial charge in [-0.3, -0.25) is 0 Å². The van der Waals surface area contributed by atoms with E-state index >= 15 is 0 Å². The lowest BCUT2D eigenvalue weighted by atomic mass is 9.80. The number of hydrogen-bond donors (Lipinski definition) is 0. The highest BCUT2D eigenvalue weighted by molar-refractivity contribution is 6.15. The third kappa shape index (κ3) is 5.66. The Hall–Kier alpha value is -8.72. The lowest BCUT2D eigenvalue weighted by Crippen LogP contribution is -2.20. The van der Waals surface area contributed by atoms with E-state index in [9.17, 15) is 0 Å². The van der Waals surface area contributed by atoms with Crippen molar-refractivity contribution in [2.75, 3.05) is 4.90 Å². The minimum atomic E-state index is -0.316. The predicted molar refractivity (Wildman–Crippen MR) is 303 cm³/mol. The van der Waals surface area contributed by atoms with Gasteiger partial charge in [0.15, 0.2) is 11.5 Å². The van der Waals surface area contributed by atoms with Gasteiger partial charge in [-0.1, -0.05) is 210 Å². The van der Waals surface area contributed by atoms with E-state index in [4.69, 9.17) is 4.74 Å². The summed E-state index contributed by atoms with van der Waals surface area (Å²) in [5, 5.41) is 10.1. The Kier molecular flexibility index (Phi) is 8.51. The van der Waals surface area contributed by atoms with Crippen LogP contribution in [0.15, 0.2) is 224 Å². The molecule has 0 spiro atoms. The molecule has 2 aliphatic carbocycles. The van der Waals surface area contributed by atoms with Crippen LogP contribution in [0.3, 0.4) is 0 Å². The summed E-state index contributed by atoms with van der Waals surface area (Å²) in [6.45, 7) is 9.59. The monoisotopic (exact) mass is 919 g/mol. The molecule has 0 aromatic heterocycles. The molecule has 3 aliphatic rings. The van der Waals surface area contributed by atoms with Crippen molar-refractivity contribution < 1.29 is 4.74 Å². The number of ether oxygens (including phenoxy) is 1. The van der Waals surface area contributed by atoms with Crippen LogP contribution in [0.1, 0.15) is 49.9 Å². The molecule has 2 heteroatoms. The average molecular weight is 920 g/mol. The number of benzene rings is 12. The Morgan fingerprint density at radius 3 is 1.21 bits per heavy atom. The molecule has 0 saturated carbocycles. The summed E-state index contributed by atoms with van der Waals surface area (Å²) in [5.74, 6) is 1.72. The van der Waals surface area contributed by atoms with E-state index in [1.807, 2.05) is 0 Å². The summed E-state index contributed by atoms with van der Waals surface area (Å²) in [7, 11) is 0. The molecule has 0 atom stereocenters. The molecule has 0 fully saturated rings. The molecule has 0 bridgehead atoms. The maximum absolute atomic E-state index is 7.43. The van der Waals surface area contributed by atoms with Crippen molar-refractivity contribution in [1.29, 1.82) is 0 Å². The van der Waals surface area contributed by atoms with Crippen LogP contribution in [0.5, 0.6) is 11.5 Å². The molecule has 1 heterocycles. The summed E-state index contributed by atoms with van der Waals surface area (Å²) in [5.41, 5.74) is 20.3. The zero-order valence-corrected chi connectivity index (χ0v) is 40.7. The molecule has 0 unspecified atom stereocenters. The van der Waals surface area contributed by atoms with Crippen LogP contribution in [0, 0.1) is 0 Å². The van der Waals surface area contributed by atoms with Crippen LogP contribution < -0.4 is 9.64 Å². The van der Waals surface area contributed by atoms with Gasteiger partial charge in [0.2, 0.25) is 0 Å². The van der Waals surface area contributed by atoms with Crippen LogP contribution in [0.25, 0.3) is 98.7 Å². The summed E-state index contributed by atoms with van der Waals surface area (Å²) >= 11 is 0. The first kappa shape index (κ1) is 41.1. The van der Waals surface area contributed by atoms with Crippen LogP contribution in [-0.4, -0.2) is 0 Å². The lowest BCUT2D eigenvalue weighted by Gasteiger charge is -2.36. The van der Waals surface area contributed by atoms with Gasteiger partial charge in [0, 0.05) is 16.4 Å². The third-order valence-corrected chi connectivity index (χ3v) is 16.6. The highest BCUT2D eigenvalue weighted by Gasteiger charge is 2.43. The number of fused-ring (bicyclic) bond motifs is 14. The highest BCUT2D eigenvalue weighted by Crippen LogP contribution is 2.63. The van der Waals surface area contributed by atoms with E-state index in [0.29, 0.717) is 0 Å². The van der Waals surface area contributed by atoms with Gasteiger partial charge in [-0.15, -0.1) is 0 Å². The summed E-state index contributed by atoms with van der Waals surface area (Å²) in [4.78, 5) is 2.51. The van der Waals surface area contributed by atoms with Crippen molar-refractivity contribution in [2.24, 2.45) is 0 Å². The maximum Gasteiger partial charge on any atom is 0.151 e. The van der Waals surface area contributed by atoms with Crippen LogP contribution >= 0.6 is 0 Å². The second kappa shape index (κ2) is 14.9. The Morgan fingerprint density at radius 2 is 0.694 bits per heavy atom. The summed E-state index contributed by atoms with van der Waals surface area (Å²) in [6, 6.07) is 83.4. The van der Waals surface area contributed by atoms with Crippen molar-refractivity contribution in [3.05, 3.63) is 247 Å². The molecule has 0 N–H and O–H groups in total. The van der Waals surface area contributed by atoms with Gasteiger partial charge in [0.25, 0.3) is 0 Å². The molecular weight excluding hydrogens is 871 g/mol. The number of anilines is 3. The van der Waals surface area contributed by atoms with Crippen LogP contribution in [0.4, 0.5) is 17.1 Å². The van der Waals surface area contributed by atoms with Gasteiger partial charge in [-0.05, 0) is 158 Å². The zero-order chi connectivity index (χ0) is 48.0. The lowest BCUT2D eigenvalue weighted by molar-refractivity contribution is 0.473. The Bertz CT molecular complexity index is 4060. The predicted octanol–water partition coefficient (Wildman–Crippen LogP) is 19.5. The molecule has 340 valence electrons. The number of para-hydroxylation sites is 1. The smallest absolute Gasteiger partial charge is 0.151 e. The molecule has 0 amide bonds. The fourth-order valence-corrected chi connectivity index (χ4v) is 13.1. The fraction of sp³-hybridized carbons (Fsp3) is 0.0857. The average Bonchev–Trinajstić information content (AvgIpc) is 3.79. The van der Waals surface area contributed by atoms with E-state index in [0.717, 1.165) is 34.1 Å². The standard InChI is InChI=1S/C70H49NO/c1-69(2)58-40-65-63(38-56(58)67-52-31-14-12-29-50(52)54(36-60(67)69)48-33-18-24-42-22-8-10-26-45(42)48)71(62-35-17-16-28-47(62)44-20-6-5-7-21-44)64-39-57-59(41-66(64)72-65)70(3,4)61-37-55(51-30-13-15-32-53(51)68(57)61)49-34-19-25-43-23-9-11-27-46(43)49/h5-41H,1-4H3. The summed E-state index contributed by atoms with van der Waals surface area (Å²) in [6.07, 6.45) is 0. The Morgan fingerprint density at radius 1 is 0.292 bits per heavy atom.